The van der Waals surface area contributed by atoms with Crippen LogP contribution in [0.4, 0.5) is 0 Å². The molecule has 1 fully saturated rings. The maximum atomic E-state index is 10.5. The van der Waals surface area contributed by atoms with Crippen LogP contribution < -0.4 is 0 Å². The number of imidazole rings is 1. The van der Waals surface area contributed by atoms with Crippen molar-refractivity contribution in [3.8, 4) is 0 Å². The van der Waals surface area contributed by atoms with Crippen molar-refractivity contribution < 1.29 is 14.6 Å². The number of ether oxygens (including phenoxy) is 1. The first-order valence-corrected chi connectivity index (χ1v) is 4.62. The fourth-order valence-corrected chi connectivity index (χ4v) is 1.59. The molecular weight excluding hydrogens is 184 g/mol. The predicted molar refractivity (Wildman–Crippen MR) is 48.2 cm³/mol. The molecule has 0 amide bonds. The summed E-state index contributed by atoms with van der Waals surface area (Å²) >= 11 is 0. The van der Waals surface area contributed by atoms with Gasteiger partial charge in [0.15, 0.2) is 5.69 Å². The molecule has 0 bridgehead atoms. The predicted octanol–water partition coefficient (Wildman–Crippen LogP) is 0.760. The van der Waals surface area contributed by atoms with E-state index in [9.17, 15) is 4.79 Å². The Labute approximate surface area is 81.3 Å². The topological polar surface area (TPSA) is 64.3 Å². The summed E-state index contributed by atoms with van der Waals surface area (Å²) in [4.78, 5) is 14.3. The summed E-state index contributed by atoms with van der Waals surface area (Å²) in [5.41, 5.74) is 0.0861. The van der Waals surface area contributed by atoms with Crippen LogP contribution in [0, 0.1) is 0 Å². The van der Waals surface area contributed by atoms with Crippen molar-refractivity contribution in [2.24, 2.45) is 0 Å². The van der Waals surface area contributed by atoms with Crippen LogP contribution in [0.15, 0.2) is 12.5 Å². The Bertz CT molecular complexity index is 329. The van der Waals surface area contributed by atoms with Gasteiger partial charge in [0.05, 0.1) is 12.4 Å². The maximum absolute atomic E-state index is 10.5. The first-order valence-electron chi connectivity index (χ1n) is 4.62. The van der Waals surface area contributed by atoms with E-state index >= 15 is 0 Å². The SMILES string of the molecule is O=C(O)c1cn(C[C@@H]2CCCO2)cn1. The molecule has 1 aromatic heterocycles. The lowest BCUT2D eigenvalue weighted by molar-refractivity contribution is 0.0690. The third-order valence-corrected chi connectivity index (χ3v) is 2.29. The molecule has 1 aliphatic rings. The highest BCUT2D eigenvalue weighted by atomic mass is 16.5. The molecule has 5 nitrogen and oxygen atoms in total. The van der Waals surface area contributed by atoms with Gasteiger partial charge in [-0.25, -0.2) is 9.78 Å². The number of hydrogen-bond acceptors (Lipinski definition) is 3. The van der Waals surface area contributed by atoms with E-state index in [-0.39, 0.29) is 11.8 Å². The average molecular weight is 196 g/mol. The second kappa shape index (κ2) is 3.79. The van der Waals surface area contributed by atoms with E-state index in [0.717, 1.165) is 19.4 Å². The van der Waals surface area contributed by atoms with Gasteiger partial charge in [-0.3, -0.25) is 0 Å². The third kappa shape index (κ3) is 1.93. The lowest BCUT2D eigenvalue weighted by Crippen LogP contribution is -2.13. The molecule has 0 aliphatic carbocycles. The normalized spacial score (nSPS) is 21.3. The second-order valence-electron chi connectivity index (χ2n) is 3.40. The molecule has 1 atom stereocenters. The van der Waals surface area contributed by atoms with Gasteiger partial charge < -0.3 is 14.4 Å². The minimum atomic E-state index is -0.990. The van der Waals surface area contributed by atoms with Crippen LogP contribution in [0.2, 0.25) is 0 Å². The first kappa shape index (κ1) is 9.21. The summed E-state index contributed by atoms with van der Waals surface area (Å²) in [6, 6.07) is 0. The molecule has 0 spiro atoms. The molecule has 1 saturated heterocycles. The lowest BCUT2D eigenvalue weighted by Gasteiger charge is -2.08. The largest absolute Gasteiger partial charge is 0.476 e. The van der Waals surface area contributed by atoms with Gasteiger partial charge in [-0.05, 0) is 12.8 Å². The Morgan fingerprint density at radius 1 is 1.79 bits per heavy atom. The van der Waals surface area contributed by atoms with Crippen molar-refractivity contribution >= 4 is 5.97 Å². The Hall–Kier alpha value is -1.36. The van der Waals surface area contributed by atoms with Crippen LogP contribution in [-0.2, 0) is 11.3 Å². The number of aromatic carboxylic acids is 1. The summed E-state index contributed by atoms with van der Waals surface area (Å²) in [5.74, 6) is -0.990. The van der Waals surface area contributed by atoms with E-state index in [1.165, 1.54) is 12.5 Å². The van der Waals surface area contributed by atoms with Gasteiger partial charge in [-0.2, -0.15) is 0 Å². The molecule has 5 heteroatoms. The zero-order valence-electron chi connectivity index (χ0n) is 7.72. The molecule has 0 saturated carbocycles. The Morgan fingerprint density at radius 2 is 2.64 bits per heavy atom. The van der Waals surface area contributed by atoms with Crippen LogP contribution >= 0.6 is 0 Å². The summed E-state index contributed by atoms with van der Waals surface area (Å²) in [6.07, 6.45) is 5.41. The molecule has 1 aliphatic heterocycles. The third-order valence-electron chi connectivity index (χ3n) is 2.29. The van der Waals surface area contributed by atoms with E-state index in [1.807, 2.05) is 0 Å². The number of rotatable bonds is 3. The standard InChI is InChI=1S/C9H12N2O3/c12-9(13)8-5-11(6-10-8)4-7-2-1-3-14-7/h5-7H,1-4H2,(H,12,13)/t7-/m0/s1. The highest BCUT2D eigenvalue weighted by molar-refractivity contribution is 5.84. The molecule has 14 heavy (non-hydrogen) atoms. The summed E-state index contributed by atoms with van der Waals surface area (Å²) < 4.78 is 7.19. The van der Waals surface area contributed by atoms with Crippen LogP contribution in [0.3, 0.4) is 0 Å². The van der Waals surface area contributed by atoms with Gasteiger partial charge in [0, 0.05) is 19.3 Å². The van der Waals surface area contributed by atoms with Gasteiger partial charge >= 0.3 is 5.97 Å². The molecule has 0 radical (unpaired) electrons. The van der Waals surface area contributed by atoms with E-state index in [2.05, 4.69) is 4.98 Å². The lowest BCUT2D eigenvalue weighted by atomic mass is 10.2. The smallest absolute Gasteiger partial charge is 0.356 e. The first-order chi connectivity index (χ1) is 6.75. The number of nitrogens with zero attached hydrogens (tertiary/aromatic N) is 2. The van der Waals surface area contributed by atoms with Crippen molar-refractivity contribution in [3.05, 3.63) is 18.2 Å². The number of aromatic nitrogens is 2. The molecule has 1 N–H and O–H groups in total. The molecule has 1 aromatic rings. The van der Waals surface area contributed by atoms with Crippen LogP contribution in [0.25, 0.3) is 0 Å². The molecule has 0 aromatic carbocycles. The van der Waals surface area contributed by atoms with E-state index in [4.69, 9.17) is 9.84 Å². The molecule has 76 valence electrons. The zero-order chi connectivity index (χ0) is 9.97. The molecule has 0 unspecified atom stereocenters. The highest BCUT2D eigenvalue weighted by Gasteiger charge is 2.16. The van der Waals surface area contributed by atoms with Crippen molar-refractivity contribution in [2.45, 2.75) is 25.5 Å². The van der Waals surface area contributed by atoms with Gasteiger partial charge in [-0.1, -0.05) is 0 Å². The van der Waals surface area contributed by atoms with Crippen molar-refractivity contribution in [3.63, 3.8) is 0 Å². The second-order valence-corrected chi connectivity index (χ2v) is 3.40. The number of carboxylic acids is 1. The maximum Gasteiger partial charge on any atom is 0.356 e. The number of carbonyl (C=O) groups is 1. The average Bonchev–Trinajstić information content (AvgIpc) is 2.75. The van der Waals surface area contributed by atoms with Crippen LogP contribution in [0.1, 0.15) is 23.3 Å². The zero-order valence-corrected chi connectivity index (χ0v) is 7.72. The van der Waals surface area contributed by atoms with Gasteiger partial charge in [0.2, 0.25) is 0 Å². The van der Waals surface area contributed by atoms with E-state index < -0.39 is 5.97 Å². The van der Waals surface area contributed by atoms with E-state index in [1.54, 1.807) is 4.57 Å². The van der Waals surface area contributed by atoms with E-state index in [0.29, 0.717) is 6.54 Å². The van der Waals surface area contributed by atoms with Crippen LogP contribution in [0.5, 0.6) is 0 Å². The van der Waals surface area contributed by atoms with Crippen LogP contribution in [-0.4, -0.2) is 33.3 Å². The van der Waals surface area contributed by atoms with Gasteiger partial charge in [0.1, 0.15) is 0 Å². The minimum absolute atomic E-state index is 0.0861. The Kier molecular flexibility index (Phi) is 2.49. The molecular formula is C9H12N2O3. The van der Waals surface area contributed by atoms with Crippen molar-refractivity contribution in [1.82, 2.24) is 9.55 Å². The fraction of sp³-hybridized carbons (Fsp3) is 0.556. The Morgan fingerprint density at radius 3 is 3.21 bits per heavy atom. The number of carboxylic acid groups (broad SMARTS) is 1. The highest BCUT2D eigenvalue weighted by Crippen LogP contribution is 2.13. The quantitative estimate of drug-likeness (QED) is 0.775. The van der Waals surface area contributed by atoms with Gasteiger partial charge in [0.25, 0.3) is 0 Å². The van der Waals surface area contributed by atoms with Crippen molar-refractivity contribution in [2.75, 3.05) is 6.61 Å². The number of hydrogen-bond donors (Lipinski definition) is 1. The monoisotopic (exact) mass is 196 g/mol. The Balaban J connectivity index is 1.98. The van der Waals surface area contributed by atoms with Crippen molar-refractivity contribution in [1.29, 1.82) is 0 Å². The van der Waals surface area contributed by atoms with Gasteiger partial charge in [-0.15, -0.1) is 0 Å². The summed E-state index contributed by atoms with van der Waals surface area (Å²) in [6.45, 7) is 1.51. The summed E-state index contributed by atoms with van der Waals surface area (Å²) in [5, 5.41) is 8.65. The summed E-state index contributed by atoms with van der Waals surface area (Å²) in [7, 11) is 0. The minimum Gasteiger partial charge on any atom is -0.476 e. The fourth-order valence-electron chi connectivity index (χ4n) is 1.59. The molecule has 2 rings (SSSR count). The molecule has 2 heterocycles.